The van der Waals surface area contributed by atoms with Gasteiger partial charge in [-0.05, 0) is 68.0 Å². The van der Waals surface area contributed by atoms with E-state index in [1.165, 1.54) is 0 Å². The van der Waals surface area contributed by atoms with Crippen molar-refractivity contribution in [2.24, 2.45) is 0 Å². The maximum Gasteiger partial charge on any atom is 0.410 e. The molecule has 1 aromatic rings. The Bertz CT molecular complexity index is 617. The number of nitrogens with zero attached hydrogens (tertiary/aromatic N) is 1. The molecule has 0 bridgehead atoms. The molecule has 0 aliphatic carbocycles. The Morgan fingerprint density at radius 3 is 2.74 bits per heavy atom. The van der Waals surface area contributed by atoms with Gasteiger partial charge in [-0.25, -0.2) is 4.79 Å². The summed E-state index contributed by atoms with van der Waals surface area (Å²) in [5.74, 6) is 0. The van der Waals surface area contributed by atoms with Gasteiger partial charge in [0.1, 0.15) is 11.8 Å². The molecule has 3 N–H and O–H groups in total. The summed E-state index contributed by atoms with van der Waals surface area (Å²) in [5.41, 5.74) is 1.48. The number of nitrogens with one attached hydrogen (secondary N) is 2. The van der Waals surface area contributed by atoms with Gasteiger partial charge in [-0.15, -0.1) is 0 Å². The Morgan fingerprint density at radius 2 is 2.04 bits per heavy atom. The average Bonchev–Trinajstić information content (AvgIpc) is 2.99. The van der Waals surface area contributed by atoms with Crippen molar-refractivity contribution < 1.29 is 14.6 Å². The van der Waals surface area contributed by atoms with E-state index in [4.69, 9.17) is 4.74 Å². The molecular weight excluding hydrogens is 409 g/mol. The summed E-state index contributed by atoms with van der Waals surface area (Å²) < 4.78 is 6.62. The third-order valence-corrected chi connectivity index (χ3v) is 4.61. The van der Waals surface area contributed by atoms with Gasteiger partial charge in [0, 0.05) is 3.57 Å². The lowest BCUT2D eigenvalue weighted by Gasteiger charge is -2.31. The van der Waals surface area contributed by atoms with Crippen LogP contribution in [0.25, 0.3) is 0 Å². The van der Waals surface area contributed by atoms with Gasteiger partial charge in [0.05, 0.1) is 30.1 Å². The molecule has 2 heterocycles. The Kier molecular flexibility index (Phi) is 4.35. The fourth-order valence-electron chi connectivity index (χ4n) is 3.01. The van der Waals surface area contributed by atoms with Gasteiger partial charge in [0.2, 0.25) is 0 Å². The van der Waals surface area contributed by atoms with Gasteiger partial charge in [-0.3, -0.25) is 4.90 Å². The second-order valence-electron chi connectivity index (χ2n) is 7.05. The standard InChI is InChI=1S/C16H22IN3O3/c1-16(2,3)23-15(22)20-8-10(21)7-13(20)14-18-11-5-4-9(17)6-12(11)19-14/h4-6,10,13-14,18-19,21H,7-8H2,1-3H3/t10-,13+,14?/m1/s1. The number of hydrogen-bond acceptors (Lipinski definition) is 5. The SMILES string of the molecule is CC(C)(C)OC(=O)N1C[C@H](O)C[C@H]1C1Nc2ccc(I)cc2N1. The molecule has 0 aromatic heterocycles. The van der Waals surface area contributed by atoms with E-state index < -0.39 is 11.7 Å². The van der Waals surface area contributed by atoms with E-state index in [0.29, 0.717) is 13.0 Å². The average molecular weight is 431 g/mol. The first-order chi connectivity index (χ1) is 10.7. The molecule has 0 radical (unpaired) electrons. The molecule has 0 spiro atoms. The van der Waals surface area contributed by atoms with Crippen molar-refractivity contribution in [1.29, 1.82) is 0 Å². The number of likely N-dealkylation sites (tertiary alicyclic amines) is 1. The number of benzene rings is 1. The monoisotopic (exact) mass is 431 g/mol. The molecule has 0 saturated carbocycles. The molecule has 1 aromatic carbocycles. The van der Waals surface area contributed by atoms with E-state index in [1.807, 2.05) is 32.9 Å². The van der Waals surface area contributed by atoms with Crippen LogP contribution in [0.15, 0.2) is 18.2 Å². The number of amides is 1. The molecule has 23 heavy (non-hydrogen) atoms. The van der Waals surface area contributed by atoms with Crippen LogP contribution in [0.5, 0.6) is 0 Å². The number of hydrogen-bond donors (Lipinski definition) is 3. The van der Waals surface area contributed by atoms with Crippen LogP contribution in [0.4, 0.5) is 16.2 Å². The van der Waals surface area contributed by atoms with Crippen molar-refractivity contribution in [2.75, 3.05) is 17.2 Å². The van der Waals surface area contributed by atoms with E-state index in [-0.39, 0.29) is 18.3 Å². The van der Waals surface area contributed by atoms with Gasteiger partial charge >= 0.3 is 6.09 Å². The van der Waals surface area contributed by atoms with E-state index in [1.54, 1.807) is 4.90 Å². The lowest BCUT2D eigenvalue weighted by atomic mass is 10.1. The zero-order valence-electron chi connectivity index (χ0n) is 13.5. The Labute approximate surface area is 149 Å². The van der Waals surface area contributed by atoms with Crippen molar-refractivity contribution in [2.45, 2.75) is 51.1 Å². The number of aliphatic hydroxyl groups is 1. The second kappa shape index (κ2) is 6.01. The van der Waals surface area contributed by atoms with Crippen molar-refractivity contribution in [1.82, 2.24) is 4.90 Å². The summed E-state index contributed by atoms with van der Waals surface area (Å²) in [6.45, 7) is 5.83. The van der Waals surface area contributed by atoms with E-state index >= 15 is 0 Å². The van der Waals surface area contributed by atoms with E-state index in [9.17, 15) is 9.90 Å². The number of β-amino-alcohol motifs (C(OH)–C–C–N with tert-alkyl or cyclic N) is 1. The van der Waals surface area contributed by atoms with Crippen molar-refractivity contribution in [3.05, 3.63) is 21.8 Å². The zero-order chi connectivity index (χ0) is 16.8. The first-order valence-corrected chi connectivity index (χ1v) is 8.81. The van der Waals surface area contributed by atoms with Gasteiger partial charge < -0.3 is 20.5 Å². The van der Waals surface area contributed by atoms with Crippen molar-refractivity contribution in [3.63, 3.8) is 0 Å². The fraction of sp³-hybridized carbons (Fsp3) is 0.562. The molecular formula is C16H22IN3O3. The normalized spacial score (nSPS) is 26.5. The molecule has 3 atom stereocenters. The molecule has 6 nitrogen and oxygen atoms in total. The van der Waals surface area contributed by atoms with Crippen molar-refractivity contribution >= 4 is 40.1 Å². The van der Waals surface area contributed by atoms with Gasteiger partial charge in [0.15, 0.2) is 0 Å². The van der Waals surface area contributed by atoms with Crippen LogP contribution in [0.3, 0.4) is 0 Å². The molecule has 1 unspecified atom stereocenters. The first-order valence-electron chi connectivity index (χ1n) is 7.73. The number of rotatable bonds is 1. The van der Waals surface area contributed by atoms with Crippen LogP contribution in [0.2, 0.25) is 0 Å². The predicted molar refractivity (Wildman–Crippen MR) is 97.5 cm³/mol. The molecule has 126 valence electrons. The number of fused-ring (bicyclic) bond motifs is 1. The topological polar surface area (TPSA) is 73.8 Å². The first kappa shape index (κ1) is 16.6. The number of anilines is 2. The van der Waals surface area contributed by atoms with E-state index in [0.717, 1.165) is 14.9 Å². The largest absolute Gasteiger partial charge is 0.444 e. The van der Waals surface area contributed by atoms with Crippen LogP contribution in [0, 0.1) is 3.57 Å². The van der Waals surface area contributed by atoms with Crippen LogP contribution >= 0.6 is 22.6 Å². The summed E-state index contributed by atoms with van der Waals surface area (Å²) >= 11 is 2.27. The highest BCUT2D eigenvalue weighted by Crippen LogP contribution is 2.34. The minimum absolute atomic E-state index is 0.132. The second-order valence-corrected chi connectivity index (χ2v) is 8.29. The molecule has 2 aliphatic heterocycles. The Balaban J connectivity index is 1.75. The minimum atomic E-state index is -0.551. The van der Waals surface area contributed by atoms with Crippen LogP contribution in [0.1, 0.15) is 27.2 Å². The third kappa shape index (κ3) is 3.65. The maximum atomic E-state index is 12.4. The number of aliphatic hydroxyl groups excluding tert-OH is 1. The molecule has 2 aliphatic rings. The Hall–Kier alpha value is -1.22. The molecule has 1 amide bonds. The van der Waals surface area contributed by atoms with Crippen LogP contribution in [-0.4, -0.2) is 46.6 Å². The number of carbonyl (C=O) groups is 1. The zero-order valence-corrected chi connectivity index (χ0v) is 15.6. The quantitative estimate of drug-likeness (QED) is 0.597. The molecule has 1 fully saturated rings. The highest BCUT2D eigenvalue weighted by atomic mass is 127. The summed E-state index contributed by atoms with van der Waals surface area (Å²) in [6, 6.07) is 5.95. The highest BCUT2D eigenvalue weighted by molar-refractivity contribution is 14.1. The summed E-state index contributed by atoms with van der Waals surface area (Å²) in [6.07, 6.45) is -0.518. The number of carbonyl (C=O) groups excluding carboxylic acids is 1. The smallest absolute Gasteiger partial charge is 0.410 e. The van der Waals surface area contributed by atoms with Gasteiger partial charge in [0.25, 0.3) is 0 Å². The van der Waals surface area contributed by atoms with Crippen molar-refractivity contribution in [3.8, 4) is 0 Å². The van der Waals surface area contributed by atoms with Gasteiger partial charge in [-0.2, -0.15) is 0 Å². The third-order valence-electron chi connectivity index (χ3n) is 3.94. The number of ether oxygens (including phenoxy) is 1. The molecule has 7 heteroatoms. The van der Waals surface area contributed by atoms with Crippen LogP contribution < -0.4 is 10.6 Å². The maximum absolute atomic E-state index is 12.4. The minimum Gasteiger partial charge on any atom is -0.444 e. The van der Waals surface area contributed by atoms with Gasteiger partial charge in [-0.1, -0.05) is 0 Å². The summed E-state index contributed by atoms with van der Waals surface area (Å²) in [4.78, 5) is 14.1. The lowest BCUT2D eigenvalue weighted by molar-refractivity contribution is 0.0201. The lowest BCUT2D eigenvalue weighted by Crippen LogP contribution is -2.49. The molecule has 1 saturated heterocycles. The van der Waals surface area contributed by atoms with E-state index in [2.05, 4.69) is 39.3 Å². The summed E-state index contributed by atoms with van der Waals surface area (Å²) in [7, 11) is 0. The fourth-order valence-corrected chi connectivity index (χ4v) is 3.51. The molecule has 3 rings (SSSR count). The van der Waals surface area contributed by atoms with Crippen LogP contribution in [-0.2, 0) is 4.74 Å². The summed E-state index contributed by atoms with van der Waals surface area (Å²) in [5, 5.41) is 16.8. The predicted octanol–water partition coefficient (Wildman–Crippen LogP) is 2.83. The highest BCUT2D eigenvalue weighted by Gasteiger charge is 2.42. The number of halogens is 1. The Morgan fingerprint density at radius 1 is 1.35 bits per heavy atom.